The fourth-order valence-electron chi connectivity index (χ4n) is 3.63. The molecule has 0 saturated heterocycles. The Kier molecular flexibility index (Phi) is 13.6. The van der Waals surface area contributed by atoms with Crippen molar-refractivity contribution < 1.29 is 14.2 Å². The maximum atomic E-state index is 5.90. The van der Waals surface area contributed by atoms with Crippen molar-refractivity contribution in [2.24, 2.45) is 0 Å². The minimum absolute atomic E-state index is 0.111. The van der Waals surface area contributed by atoms with Gasteiger partial charge in [0.05, 0.1) is 12.7 Å². The minimum atomic E-state index is 0.111. The lowest BCUT2D eigenvalue weighted by Crippen LogP contribution is -2.18. The lowest BCUT2D eigenvalue weighted by atomic mass is 10.1. The van der Waals surface area contributed by atoms with E-state index in [2.05, 4.69) is 57.2 Å². The zero-order chi connectivity index (χ0) is 22.9. The second-order valence-corrected chi connectivity index (χ2v) is 8.72. The highest BCUT2D eigenvalue weighted by Gasteiger charge is 2.05. The van der Waals surface area contributed by atoms with Gasteiger partial charge in [0.2, 0.25) is 0 Å². The van der Waals surface area contributed by atoms with Gasteiger partial charge in [-0.1, -0.05) is 89.5 Å². The van der Waals surface area contributed by atoms with Crippen molar-refractivity contribution in [1.29, 1.82) is 0 Å². The van der Waals surface area contributed by atoms with E-state index in [1.165, 1.54) is 62.5 Å². The van der Waals surface area contributed by atoms with Crippen LogP contribution in [0.1, 0.15) is 85.0 Å². The maximum Gasteiger partial charge on any atom is 0.119 e. The van der Waals surface area contributed by atoms with Gasteiger partial charge in [-0.3, -0.25) is 0 Å². The zero-order valence-electron chi connectivity index (χ0n) is 20.6. The Morgan fingerprint density at radius 1 is 0.562 bits per heavy atom. The van der Waals surface area contributed by atoms with E-state index in [1.54, 1.807) is 0 Å². The summed E-state index contributed by atoms with van der Waals surface area (Å²) in [6.45, 7) is 8.76. The van der Waals surface area contributed by atoms with E-state index >= 15 is 0 Å². The Balaban J connectivity index is 1.67. The lowest BCUT2D eigenvalue weighted by molar-refractivity contribution is 0.0303. The van der Waals surface area contributed by atoms with E-state index in [0.717, 1.165) is 37.6 Å². The molecule has 32 heavy (non-hydrogen) atoms. The number of hydrogen-bond acceptors (Lipinski definition) is 3. The van der Waals surface area contributed by atoms with Gasteiger partial charge in [-0.15, -0.1) is 0 Å². The highest BCUT2D eigenvalue weighted by Crippen LogP contribution is 2.25. The molecule has 0 amide bonds. The van der Waals surface area contributed by atoms with Crippen molar-refractivity contribution >= 4 is 0 Å². The van der Waals surface area contributed by atoms with Crippen LogP contribution in [0.4, 0.5) is 0 Å². The minimum Gasteiger partial charge on any atom is -0.494 e. The number of benzene rings is 2. The van der Waals surface area contributed by atoms with Crippen molar-refractivity contribution in [3.8, 4) is 22.6 Å². The molecule has 0 N–H and O–H groups in total. The van der Waals surface area contributed by atoms with E-state index in [4.69, 9.17) is 14.2 Å². The van der Waals surface area contributed by atoms with Crippen LogP contribution in [0.2, 0.25) is 0 Å². The quantitative estimate of drug-likeness (QED) is 0.218. The Labute approximate surface area is 196 Å². The molecule has 2 aromatic carbocycles. The van der Waals surface area contributed by atoms with Crippen LogP contribution in [0.3, 0.4) is 0 Å². The summed E-state index contributed by atoms with van der Waals surface area (Å²) in [6.07, 6.45) is 12.7. The SMILES string of the molecule is CCCCCCCCOc1ccc(-c2ccc(OC[C@@H](C)OCCCCCC)cc2)cc1. The van der Waals surface area contributed by atoms with Crippen LogP contribution < -0.4 is 9.47 Å². The van der Waals surface area contributed by atoms with E-state index in [1.807, 2.05) is 12.1 Å². The molecule has 0 heterocycles. The molecule has 0 fully saturated rings. The third-order valence-corrected chi connectivity index (χ3v) is 5.69. The van der Waals surface area contributed by atoms with Crippen LogP contribution in [0, 0.1) is 0 Å². The number of hydrogen-bond donors (Lipinski definition) is 0. The summed E-state index contributed by atoms with van der Waals surface area (Å²) in [6, 6.07) is 16.7. The molecule has 1 atom stereocenters. The molecule has 3 heteroatoms. The molecule has 0 radical (unpaired) electrons. The molecule has 0 bridgehead atoms. The van der Waals surface area contributed by atoms with Gasteiger partial charge in [0, 0.05) is 6.61 Å². The van der Waals surface area contributed by atoms with Crippen LogP contribution in [0.5, 0.6) is 11.5 Å². The molecule has 0 aromatic heterocycles. The van der Waals surface area contributed by atoms with Crippen molar-refractivity contribution in [1.82, 2.24) is 0 Å². The Morgan fingerprint density at radius 2 is 1.03 bits per heavy atom. The molecule has 0 aliphatic carbocycles. The fraction of sp³-hybridized carbons (Fsp3) is 0.586. The Hall–Kier alpha value is -2.00. The van der Waals surface area contributed by atoms with Crippen molar-refractivity contribution in [2.45, 2.75) is 91.1 Å². The molecule has 178 valence electrons. The first kappa shape index (κ1) is 26.3. The smallest absolute Gasteiger partial charge is 0.119 e. The lowest BCUT2D eigenvalue weighted by Gasteiger charge is -2.14. The normalized spacial score (nSPS) is 12.0. The van der Waals surface area contributed by atoms with Crippen molar-refractivity contribution in [3.05, 3.63) is 48.5 Å². The molecule has 0 spiro atoms. The maximum absolute atomic E-state index is 5.90. The summed E-state index contributed by atoms with van der Waals surface area (Å²) in [5.41, 5.74) is 2.37. The van der Waals surface area contributed by atoms with Gasteiger partial charge in [0.1, 0.15) is 18.1 Å². The largest absolute Gasteiger partial charge is 0.494 e. The molecule has 0 aliphatic heterocycles. The summed E-state index contributed by atoms with van der Waals surface area (Å²) < 4.78 is 17.6. The second kappa shape index (κ2) is 16.6. The number of rotatable bonds is 18. The first-order valence-corrected chi connectivity index (χ1v) is 12.8. The topological polar surface area (TPSA) is 27.7 Å². The van der Waals surface area contributed by atoms with Gasteiger partial charge >= 0.3 is 0 Å². The molecule has 2 rings (SSSR count). The van der Waals surface area contributed by atoms with E-state index in [9.17, 15) is 0 Å². The van der Waals surface area contributed by atoms with E-state index < -0.39 is 0 Å². The second-order valence-electron chi connectivity index (χ2n) is 8.72. The number of ether oxygens (including phenoxy) is 3. The highest BCUT2D eigenvalue weighted by atomic mass is 16.5. The van der Waals surface area contributed by atoms with E-state index in [0.29, 0.717) is 6.61 Å². The molecular formula is C29H44O3. The average molecular weight is 441 g/mol. The monoisotopic (exact) mass is 440 g/mol. The van der Waals surface area contributed by atoms with Gasteiger partial charge in [0.15, 0.2) is 0 Å². The molecule has 2 aromatic rings. The van der Waals surface area contributed by atoms with Gasteiger partial charge in [-0.05, 0) is 55.2 Å². The van der Waals surface area contributed by atoms with Crippen LogP contribution in [-0.2, 0) is 4.74 Å². The third kappa shape index (κ3) is 11.0. The van der Waals surface area contributed by atoms with Crippen LogP contribution in [0.15, 0.2) is 48.5 Å². The molecule has 0 saturated carbocycles. The van der Waals surface area contributed by atoms with E-state index in [-0.39, 0.29) is 6.10 Å². The fourth-order valence-corrected chi connectivity index (χ4v) is 3.63. The molecule has 0 aliphatic rings. The predicted molar refractivity (Wildman–Crippen MR) is 136 cm³/mol. The zero-order valence-corrected chi connectivity index (χ0v) is 20.6. The predicted octanol–water partition coefficient (Wildman–Crippen LogP) is 8.46. The molecular weight excluding hydrogens is 396 g/mol. The van der Waals surface area contributed by atoms with Gasteiger partial charge < -0.3 is 14.2 Å². The van der Waals surface area contributed by atoms with Crippen molar-refractivity contribution in [2.75, 3.05) is 19.8 Å². The summed E-state index contributed by atoms with van der Waals surface area (Å²) in [5, 5.41) is 0. The number of unbranched alkanes of at least 4 members (excludes halogenated alkanes) is 8. The molecule has 3 nitrogen and oxygen atoms in total. The third-order valence-electron chi connectivity index (χ3n) is 5.69. The Morgan fingerprint density at radius 3 is 1.62 bits per heavy atom. The molecule has 0 unspecified atom stereocenters. The van der Waals surface area contributed by atoms with Crippen LogP contribution in [0.25, 0.3) is 11.1 Å². The summed E-state index contributed by atoms with van der Waals surface area (Å²) in [7, 11) is 0. The average Bonchev–Trinajstić information content (AvgIpc) is 2.83. The summed E-state index contributed by atoms with van der Waals surface area (Å²) in [5.74, 6) is 1.83. The highest BCUT2D eigenvalue weighted by molar-refractivity contribution is 5.64. The Bertz CT molecular complexity index is 693. The van der Waals surface area contributed by atoms with Crippen molar-refractivity contribution in [3.63, 3.8) is 0 Å². The first-order valence-electron chi connectivity index (χ1n) is 12.8. The summed E-state index contributed by atoms with van der Waals surface area (Å²) in [4.78, 5) is 0. The van der Waals surface area contributed by atoms with Gasteiger partial charge in [0.25, 0.3) is 0 Å². The van der Waals surface area contributed by atoms with Crippen LogP contribution in [-0.4, -0.2) is 25.9 Å². The first-order chi connectivity index (χ1) is 15.7. The van der Waals surface area contributed by atoms with Crippen LogP contribution >= 0.6 is 0 Å². The van der Waals surface area contributed by atoms with Gasteiger partial charge in [-0.2, -0.15) is 0 Å². The van der Waals surface area contributed by atoms with Gasteiger partial charge in [-0.25, -0.2) is 0 Å². The standard InChI is InChI=1S/C29H44O3/c1-4-6-8-10-11-13-23-31-28-18-14-26(15-19-28)27-16-20-29(21-17-27)32-24-25(3)30-22-12-9-7-5-2/h14-21,25H,4-13,22-24H2,1-3H3/t25-/m1/s1. The summed E-state index contributed by atoms with van der Waals surface area (Å²) >= 11 is 0.